The van der Waals surface area contributed by atoms with E-state index in [0.717, 1.165) is 23.7 Å². The highest BCUT2D eigenvalue weighted by Gasteiger charge is 2.21. The van der Waals surface area contributed by atoms with E-state index in [1.54, 1.807) is 0 Å². The Bertz CT molecular complexity index is 403. The second kappa shape index (κ2) is 7.82. The fraction of sp³-hybridized carbons (Fsp3) is 0.619. The van der Waals surface area contributed by atoms with Crippen molar-refractivity contribution in [2.24, 2.45) is 23.7 Å². The van der Waals surface area contributed by atoms with Crippen LogP contribution in [-0.4, -0.2) is 0 Å². The molecule has 0 spiro atoms. The molecule has 2 bridgehead atoms. The molecule has 114 valence electrons. The maximum atomic E-state index is 2.43. The molecule has 0 amide bonds. The van der Waals surface area contributed by atoms with Crippen molar-refractivity contribution in [1.82, 2.24) is 0 Å². The summed E-state index contributed by atoms with van der Waals surface area (Å²) in [5.74, 6) is 3.58. The highest BCUT2D eigenvalue weighted by Crippen LogP contribution is 2.33. The minimum Gasteiger partial charge on any atom is -0.0885 e. The van der Waals surface area contributed by atoms with Gasteiger partial charge in [0.05, 0.1) is 0 Å². The maximum absolute atomic E-state index is 2.43. The zero-order valence-corrected chi connectivity index (χ0v) is 13.3. The molecule has 21 heavy (non-hydrogen) atoms. The summed E-state index contributed by atoms with van der Waals surface area (Å²) in [5.41, 5.74) is 0. The van der Waals surface area contributed by atoms with Gasteiger partial charge in [-0.15, -0.1) is 0 Å². The molecule has 5 rings (SSSR count). The summed E-state index contributed by atoms with van der Waals surface area (Å²) in [6.07, 6.45) is 31.3. The van der Waals surface area contributed by atoms with Crippen LogP contribution in [0.2, 0.25) is 0 Å². The number of hydrogen-bond donors (Lipinski definition) is 0. The summed E-state index contributed by atoms with van der Waals surface area (Å²) in [5, 5.41) is 0. The molecule has 0 fully saturated rings. The van der Waals surface area contributed by atoms with Crippen molar-refractivity contribution in [3.8, 4) is 0 Å². The lowest BCUT2D eigenvalue weighted by atomic mass is 9.85. The summed E-state index contributed by atoms with van der Waals surface area (Å²) in [7, 11) is 0. The highest BCUT2D eigenvalue weighted by molar-refractivity contribution is 5.06. The monoisotopic (exact) mass is 282 g/mol. The van der Waals surface area contributed by atoms with Gasteiger partial charge in [0.1, 0.15) is 0 Å². The molecule has 0 aromatic heterocycles. The molecule has 0 nitrogen and oxygen atoms in total. The Morgan fingerprint density at radius 3 is 2.00 bits per heavy atom. The van der Waals surface area contributed by atoms with Crippen LogP contribution in [0.1, 0.15) is 57.8 Å². The molecule has 4 atom stereocenters. The van der Waals surface area contributed by atoms with E-state index in [-0.39, 0.29) is 0 Å². The molecule has 0 saturated carbocycles. The fourth-order valence-electron chi connectivity index (χ4n) is 4.16. The third kappa shape index (κ3) is 4.46. The van der Waals surface area contributed by atoms with Gasteiger partial charge in [-0.25, -0.2) is 0 Å². The fourth-order valence-corrected chi connectivity index (χ4v) is 4.16. The highest BCUT2D eigenvalue weighted by atomic mass is 14.3. The zero-order valence-electron chi connectivity index (χ0n) is 13.3. The summed E-state index contributed by atoms with van der Waals surface area (Å²) in [6.45, 7) is 0. The average Bonchev–Trinajstić information content (AvgIpc) is 2.74. The van der Waals surface area contributed by atoms with Crippen LogP contribution in [0.25, 0.3) is 0 Å². The lowest BCUT2D eigenvalue weighted by Gasteiger charge is -2.20. The Hall–Kier alpha value is -1.04. The van der Waals surface area contributed by atoms with Crippen molar-refractivity contribution in [2.75, 3.05) is 0 Å². The summed E-state index contributed by atoms with van der Waals surface area (Å²) in [4.78, 5) is 0. The van der Waals surface area contributed by atoms with Gasteiger partial charge in [-0.3, -0.25) is 0 Å². The SMILES string of the molecule is C1=CC2CC=CC(C1)CCC2.C1=CCC2CC=CC2CC1. The first-order valence-electron chi connectivity index (χ1n) is 9.07. The van der Waals surface area contributed by atoms with Crippen LogP contribution in [0.3, 0.4) is 0 Å². The van der Waals surface area contributed by atoms with Gasteiger partial charge in [0.2, 0.25) is 0 Å². The van der Waals surface area contributed by atoms with Gasteiger partial charge in [0, 0.05) is 0 Å². The van der Waals surface area contributed by atoms with E-state index in [0.29, 0.717) is 0 Å². The summed E-state index contributed by atoms with van der Waals surface area (Å²) < 4.78 is 0. The van der Waals surface area contributed by atoms with Crippen LogP contribution in [0.4, 0.5) is 0 Å². The van der Waals surface area contributed by atoms with Crippen LogP contribution >= 0.6 is 0 Å². The van der Waals surface area contributed by atoms with E-state index >= 15 is 0 Å². The van der Waals surface area contributed by atoms with Gasteiger partial charge >= 0.3 is 0 Å². The smallest absolute Gasteiger partial charge is 0.0196 e. The van der Waals surface area contributed by atoms with Crippen molar-refractivity contribution in [2.45, 2.75) is 57.8 Å². The van der Waals surface area contributed by atoms with Gasteiger partial charge in [0.25, 0.3) is 0 Å². The van der Waals surface area contributed by atoms with Crippen LogP contribution in [0.15, 0.2) is 48.6 Å². The standard InChI is InChI=1S/C11H16.C10H14/c1-4-10-6-2-7-11(5-1)9-3-8-10;1-2-5-9-7-4-8-10(9)6-3-1/h1-2,4,7,10-11H,3,5-6,8-9H2;1-2,4,8-10H,3,5-7H2. The molecule has 5 aliphatic rings. The molecular formula is C21H30. The maximum Gasteiger partial charge on any atom is -0.0196 e. The van der Waals surface area contributed by atoms with Crippen LogP contribution in [0.5, 0.6) is 0 Å². The summed E-state index contributed by atoms with van der Waals surface area (Å²) in [6, 6.07) is 0. The number of rotatable bonds is 0. The Balaban J connectivity index is 0.000000126. The Labute approximate surface area is 130 Å². The molecule has 0 saturated heterocycles. The predicted molar refractivity (Wildman–Crippen MR) is 92.1 cm³/mol. The molecule has 0 aromatic carbocycles. The van der Waals surface area contributed by atoms with Gasteiger partial charge in [-0.05, 0) is 75.0 Å². The third-order valence-corrected chi connectivity index (χ3v) is 5.54. The normalized spacial score (nSPS) is 37.0. The topological polar surface area (TPSA) is 0 Å². The first-order valence-corrected chi connectivity index (χ1v) is 9.07. The lowest BCUT2D eigenvalue weighted by Crippen LogP contribution is -2.06. The Kier molecular flexibility index (Phi) is 5.54. The minimum atomic E-state index is 0.854. The van der Waals surface area contributed by atoms with E-state index in [1.807, 2.05) is 0 Å². The van der Waals surface area contributed by atoms with Crippen LogP contribution in [-0.2, 0) is 0 Å². The molecule has 0 N–H and O–H groups in total. The number of hydrogen-bond acceptors (Lipinski definition) is 0. The minimum absolute atomic E-state index is 0.854. The largest absolute Gasteiger partial charge is 0.0885 e. The van der Waals surface area contributed by atoms with Gasteiger partial charge in [-0.2, -0.15) is 0 Å². The molecule has 0 radical (unpaired) electrons. The van der Waals surface area contributed by atoms with Crippen molar-refractivity contribution in [1.29, 1.82) is 0 Å². The predicted octanol–water partition coefficient (Wildman–Crippen LogP) is 6.23. The van der Waals surface area contributed by atoms with E-state index in [1.165, 1.54) is 57.8 Å². The average molecular weight is 282 g/mol. The zero-order chi connectivity index (χ0) is 14.3. The van der Waals surface area contributed by atoms with Crippen LogP contribution in [0, 0.1) is 23.7 Å². The Morgan fingerprint density at radius 2 is 1.24 bits per heavy atom. The quantitative estimate of drug-likeness (QED) is 0.462. The molecule has 0 heterocycles. The molecule has 4 unspecified atom stereocenters. The van der Waals surface area contributed by atoms with Crippen LogP contribution < -0.4 is 0 Å². The van der Waals surface area contributed by atoms with E-state index in [9.17, 15) is 0 Å². The molecule has 5 aliphatic carbocycles. The van der Waals surface area contributed by atoms with Gasteiger partial charge < -0.3 is 0 Å². The van der Waals surface area contributed by atoms with Gasteiger partial charge in [-0.1, -0.05) is 55.0 Å². The number of allylic oxidation sites excluding steroid dienone is 8. The van der Waals surface area contributed by atoms with Gasteiger partial charge in [0.15, 0.2) is 0 Å². The molecule has 0 aliphatic heterocycles. The second-order valence-corrected chi connectivity index (χ2v) is 7.15. The lowest BCUT2D eigenvalue weighted by molar-refractivity contribution is 0.417. The first kappa shape index (κ1) is 14.9. The van der Waals surface area contributed by atoms with E-state index in [4.69, 9.17) is 0 Å². The Morgan fingerprint density at radius 1 is 0.571 bits per heavy atom. The summed E-state index contributed by atoms with van der Waals surface area (Å²) >= 11 is 0. The molecular weight excluding hydrogens is 252 g/mol. The van der Waals surface area contributed by atoms with Crippen molar-refractivity contribution < 1.29 is 0 Å². The molecule has 0 aromatic rings. The van der Waals surface area contributed by atoms with Crippen molar-refractivity contribution in [3.05, 3.63) is 48.6 Å². The number of fused-ring (bicyclic) bond motifs is 5. The second-order valence-electron chi connectivity index (χ2n) is 7.15. The van der Waals surface area contributed by atoms with Crippen molar-refractivity contribution in [3.63, 3.8) is 0 Å². The van der Waals surface area contributed by atoms with Crippen molar-refractivity contribution >= 4 is 0 Å². The van der Waals surface area contributed by atoms with E-state index < -0.39 is 0 Å². The first-order chi connectivity index (χ1) is 10.4. The van der Waals surface area contributed by atoms with E-state index in [2.05, 4.69) is 48.6 Å². The molecule has 0 heteroatoms. The third-order valence-electron chi connectivity index (χ3n) is 5.54.